The molecule has 2 atom stereocenters. The van der Waals surface area contributed by atoms with Crippen LogP contribution in [0, 0.1) is 18.3 Å². The molecule has 2 unspecified atom stereocenters. The van der Waals surface area contributed by atoms with Gasteiger partial charge in [-0.25, -0.2) is 4.98 Å². The maximum Gasteiger partial charge on any atom is 0.421 e. The molecule has 2 aromatic rings. The van der Waals surface area contributed by atoms with Gasteiger partial charge in [-0.3, -0.25) is 0 Å². The first kappa shape index (κ1) is 30.4. The van der Waals surface area contributed by atoms with Gasteiger partial charge in [-0.05, 0) is 108 Å². The number of benzene rings is 1. The van der Waals surface area contributed by atoms with Crippen molar-refractivity contribution in [2.24, 2.45) is 11.3 Å². The zero-order chi connectivity index (χ0) is 29.6. The lowest BCUT2D eigenvalue weighted by Crippen LogP contribution is -2.50. The Labute approximate surface area is 246 Å². The third-order valence-electron chi connectivity index (χ3n) is 9.70. The molecule has 5 rings (SSSR count). The number of rotatable bonds is 8. The van der Waals surface area contributed by atoms with E-state index >= 15 is 0 Å². The molecule has 0 amide bonds. The SMILES string of the molecule is CCC(C)N1CCC2(CC1)CC(Sc1ccc(Nc3ncc(C(F)(F)F)c(N4CCC(C(C)(C)O)C4)n3)c(C)c1)C2. The van der Waals surface area contributed by atoms with Crippen molar-refractivity contribution in [1.82, 2.24) is 14.9 Å². The van der Waals surface area contributed by atoms with Gasteiger partial charge >= 0.3 is 6.18 Å². The Kier molecular flexibility index (Phi) is 8.58. The second kappa shape index (κ2) is 11.6. The Morgan fingerprint density at radius 1 is 1.17 bits per heavy atom. The number of likely N-dealkylation sites (tertiary alicyclic amines) is 1. The van der Waals surface area contributed by atoms with E-state index in [-0.39, 0.29) is 17.7 Å². The number of thioether (sulfide) groups is 1. The number of aryl methyl sites for hydroxylation is 1. The standard InChI is InChI=1S/C31H44F3N5OS/c1-6-21(3)38-13-10-30(11-14-38)16-24(17-30)41-23-7-8-26(20(2)15-23)36-28-35-18-25(31(32,33)34)27(37-28)39-12-9-22(19-39)29(4,5)40/h7-8,15,18,21-22,24,40H,6,9-14,16-17,19H2,1-5H3,(H,35,36,37). The number of nitrogens with one attached hydrogen (secondary N) is 1. The summed E-state index contributed by atoms with van der Waals surface area (Å²) in [5, 5.41) is 14.2. The van der Waals surface area contributed by atoms with E-state index in [2.05, 4.69) is 46.2 Å². The minimum atomic E-state index is -4.57. The third-order valence-corrected chi connectivity index (χ3v) is 10.9. The van der Waals surface area contributed by atoms with Crippen molar-refractivity contribution in [1.29, 1.82) is 0 Å². The van der Waals surface area contributed by atoms with Gasteiger partial charge in [0, 0.05) is 47.1 Å². The third kappa shape index (κ3) is 6.80. The quantitative estimate of drug-likeness (QED) is 0.335. The Bertz CT molecular complexity index is 1220. The van der Waals surface area contributed by atoms with Gasteiger partial charge in [-0.15, -0.1) is 11.8 Å². The van der Waals surface area contributed by atoms with Crippen LogP contribution in [0.4, 0.5) is 30.6 Å². The first-order valence-corrected chi connectivity index (χ1v) is 15.8. The van der Waals surface area contributed by atoms with Gasteiger partial charge in [-0.1, -0.05) is 6.92 Å². The van der Waals surface area contributed by atoms with Gasteiger partial charge in [0.25, 0.3) is 0 Å². The van der Waals surface area contributed by atoms with Crippen LogP contribution in [-0.2, 0) is 6.18 Å². The van der Waals surface area contributed by atoms with E-state index in [9.17, 15) is 18.3 Å². The molecule has 1 aromatic heterocycles. The van der Waals surface area contributed by atoms with Crippen molar-refractivity contribution >= 4 is 29.2 Å². The highest BCUT2D eigenvalue weighted by Gasteiger charge is 2.46. The Morgan fingerprint density at radius 2 is 1.88 bits per heavy atom. The zero-order valence-corrected chi connectivity index (χ0v) is 25.7. The summed E-state index contributed by atoms with van der Waals surface area (Å²) in [4.78, 5) is 13.8. The summed E-state index contributed by atoms with van der Waals surface area (Å²) in [6, 6.07) is 6.87. The summed E-state index contributed by atoms with van der Waals surface area (Å²) < 4.78 is 41.5. The Hall–Kier alpha value is -2.04. The number of anilines is 3. The van der Waals surface area contributed by atoms with Gasteiger partial charge in [-0.2, -0.15) is 18.2 Å². The highest BCUT2D eigenvalue weighted by Crippen LogP contribution is 2.55. The molecule has 226 valence electrons. The molecule has 2 N–H and O–H groups in total. The van der Waals surface area contributed by atoms with E-state index in [1.807, 2.05) is 24.8 Å². The molecule has 3 fully saturated rings. The molecule has 1 saturated carbocycles. The van der Waals surface area contributed by atoms with E-state index in [0.717, 1.165) is 17.4 Å². The summed E-state index contributed by atoms with van der Waals surface area (Å²) >= 11 is 1.94. The molecule has 2 saturated heterocycles. The topological polar surface area (TPSA) is 64.5 Å². The van der Waals surface area contributed by atoms with Crippen LogP contribution in [0.25, 0.3) is 0 Å². The van der Waals surface area contributed by atoms with Crippen LogP contribution in [0.3, 0.4) is 0 Å². The second-order valence-electron chi connectivity index (χ2n) is 13.1. The van der Waals surface area contributed by atoms with Crippen molar-refractivity contribution < 1.29 is 18.3 Å². The van der Waals surface area contributed by atoms with Gasteiger partial charge in [0.2, 0.25) is 5.95 Å². The Morgan fingerprint density at radius 3 is 2.46 bits per heavy atom. The summed E-state index contributed by atoms with van der Waals surface area (Å²) in [7, 11) is 0. The van der Waals surface area contributed by atoms with Crippen molar-refractivity contribution in [2.45, 2.75) is 101 Å². The fraction of sp³-hybridized carbons (Fsp3) is 0.677. The van der Waals surface area contributed by atoms with E-state index in [4.69, 9.17) is 0 Å². The van der Waals surface area contributed by atoms with Gasteiger partial charge < -0.3 is 20.2 Å². The number of halogens is 3. The number of alkyl halides is 3. The van der Waals surface area contributed by atoms with Crippen LogP contribution < -0.4 is 10.2 Å². The smallest absolute Gasteiger partial charge is 0.390 e. The van der Waals surface area contributed by atoms with E-state index < -0.39 is 17.3 Å². The van der Waals surface area contributed by atoms with Gasteiger partial charge in [0.15, 0.2) is 0 Å². The average molecular weight is 592 g/mol. The average Bonchev–Trinajstić information content (AvgIpc) is 3.40. The molecule has 0 radical (unpaired) electrons. The first-order chi connectivity index (χ1) is 19.3. The minimum Gasteiger partial charge on any atom is -0.390 e. The molecular weight excluding hydrogens is 547 g/mol. The molecule has 0 bridgehead atoms. The lowest BCUT2D eigenvalue weighted by Gasteiger charge is -2.53. The van der Waals surface area contributed by atoms with Crippen LogP contribution in [0.1, 0.15) is 77.3 Å². The molecule has 3 aliphatic rings. The molecule has 10 heteroatoms. The molecule has 2 aliphatic heterocycles. The molecule has 1 aromatic carbocycles. The summed E-state index contributed by atoms with van der Waals surface area (Å²) in [6.45, 7) is 13.2. The fourth-order valence-corrected chi connectivity index (χ4v) is 8.31. The zero-order valence-electron chi connectivity index (χ0n) is 24.9. The molecule has 1 aliphatic carbocycles. The maximum atomic E-state index is 13.8. The fourth-order valence-electron chi connectivity index (χ4n) is 6.66. The molecule has 1 spiro atoms. The summed E-state index contributed by atoms with van der Waals surface area (Å²) in [6.07, 6.45) is 3.27. The molecule has 41 heavy (non-hydrogen) atoms. The summed E-state index contributed by atoms with van der Waals surface area (Å²) in [5.74, 6) is -0.140. The lowest BCUT2D eigenvalue weighted by atomic mass is 9.62. The number of hydrogen-bond donors (Lipinski definition) is 2. The van der Waals surface area contributed by atoms with Crippen molar-refractivity contribution in [2.75, 3.05) is 36.4 Å². The number of aliphatic hydroxyl groups is 1. The predicted octanol–water partition coefficient (Wildman–Crippen LogP) is 7.28. The highest BCUT2D eigenvalue weighted by molar-refractivity contribution is 8.00. The number of aromatic nitrogens is 2. The van der Waals surface area contributed by atoms with Crippen LogP contribution in [-0.4, -0.2) is 63.0 Å². The van der Waals surface area contributed by atoms with Crippen molar-refractivity contribution in [3.8, 4) is 0 Å². The Balaban J connectivity index is 1.22. The number of piperidine rings is 1. The van der Waals surface area contributed by atoms with Gasteiger partial charge in [0.05, 0.1) is 5.60 Å². The monoisotopic (exact) mass is 591 g/mol. The molecule has 3 heterocycles. The van der Waals surface area contributed by atoms with Crippen LogP contribution in [0.2, 0.25) is 0 Å². The van der Waals surface area contributed by atoms with Crippen LogP contribution in [0.15, 0.2) is 29.3 Å². The maximum absolute atomic E-state index is 13.8. The predicted molar refractivity (Wildman–Crippen MR) is 160 cm³/mol. The minimum absolute atomic E-state index is 0.132. The van der Waals surface area contributed by atoms with Crippen molar-refractivity contribution in [3.05, 3.63) is 35.5 Å². The number of nitrogens with zero attached hydrogens (tertiary/aromatic N) is 4. The van der Waals surface area contributed by atoms with E-state index in [0.29, 0.717) is 36.2 Å². The highest BCUT2D eigenvalue weighted by atomic mass is 32.2. The van der Waals surface area contributed by atoms with E-state index in [1.54, 1.807) is 18.7 Å². The van der Waals surface area contributed by atoms with Crippen molar-refractivity contribution in [3.63, 3.8) is 0 Å². The second-order valence-corrected chi connectivity index (χ2v) is 14.4. The molecule has 6 nitrogen and oxygen atoms in total. The summed E-state index contributed by atoms with van der Waals surface area (Å²) in [5.41, 5.74) is 0.477. The van der Waals surface area contributed by atoms with E-state index in [1.165, 1.54) is 50.1 Å². The normalized spacial score (nSPS) is 22.7. The van der Waals surface area contributed by atoms with Crippen LogP contribution >= 0.6 is 11.8 Å². The van der Waals surface area contributed by atoms with Crippen LogP contribution in [0.5, 0.6) is 0 Å². The number of hydrogen-bond acceptors (Lipinski definition) is 7. The lowest BCUT2D eigenvalue weighted by molar-refractivity contribution is -0.137. The first-order valence-electron chi connectivity index (χ1n) is 15.0. The molecular formula is C31H44F3N5OS. The largest absolute Gasteiger partial charge is 0.421 e. The van der Waals surface area contributed by atoms with Gasteiger partial charge in [0.1, 0.15) is 11.4 Å².